The van der Waals surface area contributed by atoms with Gasteiger partial charge in [0.1, 0.15) is 0 Å². The maximum Gasteiger partial charge on any atom is 0.0547 e. The van der Waals surface area contributed by atoms with Crippen LogP contribution in [-0.4, -0.2) is 9.13 Å². The molecular weight excluding hydrogens is 1460 g/mol. The third-order valence-corrected chi connectivity index (χ3v) is 26.4. The van der Waals surface area contributed by atoms with Crippen LogP contribution in [0.1, 0.15) is 74.9 Å². The molecule has 0 spiro atoms. The lowest BCUT2D eigenvalue weighted by atomic mass is 9.82. The van der Waals surface area contributed by atoms with Crippen molar-refractivity contribution in [2.75, 3.05) is 9.80 Å². The molecule has 0 unspecified atom stereocenters. The molecule has 0 atom stereocenters. The highest BCUT2D eigenvalue weighted by atomic mass is 15.1. The predicted octanol–water partition coefficient (Wildman–Crippen LogP) is 31.8. The Hall–Kier alpha value is -14.8. The molecular formula is C117H88N4. The largest absolute Gasteiger partial charge is 0.310 e. The number of para-hydroxylation sites is 2. The highest BCUT2D eigenvalue weighted by Gasteiger charge is 2.39. The first-order valence-corrected chi connectivity index (χ1v) is 42.3. The Morgan fingerprint density at radius 1 is 0.165 bits per heavy atom. The lowest BCUT2D eigenvalue weighted by molar-refractivity contribution is 0.660. The first-order valence-electron chi connectivity index (χ1n) is 42.3. The number of rotatable bonds is 13. The number of benzene rings is 18. The minimum absolute atomic E-state index is 0.0580. The molecule has 0 saturated carbocycles. The Kier molecular flexibility index (Phi) is 17.3. The maximum atomic E-state index is 2.47. The molecule has 20 aromatic rings. The van der Waals surface area contributed by atoms with Gasteiger partial charge in [-0.3, -0.25) is 0 Å². The van der Waals surface area contributed by atoms with E-state index in [1.54, 1.807) is 0 Å². The van der Waals surface area contributed by atoms with Crippen molar-refractivity contribution in [2.24, 2.45) is 0 Å². The Morgan fingerprint density at radius 2 is 0.421 bits per heavy atom. The van der Waals surface area contributed by atoms with Gasteiger partial charge in [-0.1, -0.05) is 345 Å². The van der Waals surface area contributed by atoms with Crippen molar-refractivity contribution in [1.82, 2.24) is 9.13 Å². The summed E-state index contributed by atoms with van der Waals surface area (Å²) in [6, 6.07) is 156. The number of hydrogen-bond donors (Lipinski definition) is 0. The van der Waals surface area contributed by atoms with E-state index in [-0.39, 0.29) is 16.2 Å². The number of nitrogens with zero attached hydrogens (tertiary/aromatic N) is 4. The monoisotopic (exact) mass is 1550 g/mol. The van der Waals surface area contributed by atoms with E-state index in [4.69, 9.17) is 0 Å². The number of hydrogen-bond acceptors (Lipinski definition) is 2. The fraction of sp³-hybridized carbons (Fsp3) is 0.0769. The molecule has 0 bridgehead atoms. The number of anilines is 6. The summed E-state index contributed by atoms with van der Waals surface area (Å²) in [6.07, 6.45) is 0. The molecule has 2 aromatic heterocycles. The Labute approximate surface area is 708 Å². The quantitative estimate of drug-likeness (QED) is 0.114. The van der Waals surface area contributed by atoms with E-state index >= 15 is 0 Å². The van der Waals surface area contributed by atoms with Crippen molar-refractivity contribution < 1.29 is 0 Å². The van der Waals surface area contributed by atoms with Crippen molar-refractivity contribution in [3.05, 3.63) is 458 Å². The zero-order chi connectivity index (χ0) is 81.2. The second kappa shape index (κ2) is 28.8. The van der Waals surface area contributed by atoms with Crippen LogP contribution in [0.5, 0.6) is 0 Å². The third kappa shape index (κ3) is 12.2. The number of fused-ring (bicyclic) bond motifs is 15. The molecule has 0 saturated heterocycles. The van der Waals surface area contributed by atoms with Crippen LogP contribution in [0, 0.1) is 0 Å². The minimum Gasteiger partial charge on any atom is -0.310 e. The zero-order valence-electron chi connectivity index (χ0n) is 68.7. The van der Waals surface area contributed by atoms with E-state index < -0.39 is 0 Å². The van der Waals surface area contributed by atoms with Gasteiger partial charge in [-0.05, 0) is 244 Å². The van der Waals surface area contributed by atoms with Crippen LogP contribution in [0.15, 0.2) is 425 Å². The molecule has 0 fully saturated rings. The molecule has 0 N–H and O–H groups in total. The van der Waals surface area contributed by atoms with Gasteiger partial charge >= 0.3 is 0 Å². The van der Waals surface area contributed by atoms with Gasteiger partial charge in [0.15, 0.2) is 0 Å². The summed E-state index contributed by atoms with van der Waals surface area (Å²) in [5.41, 5.74) is 41.8. The van der Waals surface area contributed by atoms with Crippen molar-refractivity contribution >= 4 is 77.7 Å². The topological polar surface area (TPSA) is 16.3 Å². The predicted molar refractivity (Wildman–Crippen MR) is 511 cm³/mol. The van der Waals surface area contributed by atoms with Gasteiger partial charge in [0.05, 0.1) is 22.1 Å². The average Bonchev–Trinajstić information content (AvgIpc) is 1.58. The normalized spacial score (nSPS) is 13.4. The fourth-order valence-corrected chi connectivity index (χ4v) is 20.2. The fourth-order valence-electron chi connectivity index (χ4n) is 20.2. The molecule has 0 amide bonds. The van der Waals surface area contributed by atoms with Crippen LogP contribution in [0.2, 0.25) is 0 Å². The second-order valence-electron chi connectivity index (χ2n) is 34.4. The number of aromatic nitrogens is 2. The average molecular weight is 1550 g/mol. The van der Waals surface area contributed by atoms with Crippen LogP contribution in [0.25, 0.3) is 144 Å². The highest BCUT2D eigenvalue weighted by Crippen LogP contribution is 2.56. The van der Waals surface area contributed by atoms with Gasteiger partial charge in [0.25, 0.3) is 0 Å². The maximum absolute atomic E-state index is 2.47. The summed E-state index contributed by atoms with van der Waals surface area (Å²) in [7, 11) is 0. The molecule has 576 valence electrons. The van der Waals surface area contributed by atoms with E-state index in [0.29, 0.717) is 0 Å². The summed E-state index contributed by atoms with van der Waals surface area (Å²) in [5.74, 6) is 0. The van der Waals surface area contributed by atoms with Crippen molar-refractivity contribution in [1.29, 1.82) is 0 Å². The molecule has 2 heterocycles. The standard InChI is InChI=1S/C60H46N2.C57H42N2/c1-59(2)53-22-11-8-19-47(53)51-37-45(30-33-55(51)59)61(46-31-34-56-52(38-46)48-20-9-12-23-54(48)60(56,3)4)44-18-14-17-41(35-44)42-27-32-50-49-21-10-13-24-57(49)62(58(50)36-42)43-28-25-40(26-29-43)39-15-6-5-7-16-39;1-57(2)53-22-11-9-20-49(53)52-38-48(33-35-54(52)57)58(45-29-24-41(25-30-45)39-14-5-3-6-15-39)47-19-13-18-43(36-47)44-28-34-51-50-21-10-12-23-55(50)59(56(51)37-44)46-31-26-42(27-32-46)40-16-7-4-8-17-40/h5-38H,1-4H3;3-38H,1-2H3. The second-order valence-corrected chi connectivity index (χ2v) is 34.4. The minimum atomic E-state index is -0.0664. The van der Waals surface area contributed by atoms with Crippen molar-refractivity contribution in [2.45, 2.75) is 57.8 Å². The molecule has 3 aliphatic carbocycles. The van der Waals surface area contributed by atoms with Gasteiger partial charge in [-0.25, -0.2) is 0 Å². The van der Waals surface area contributed by atoms with Gasteiger partial charge in [0, 0.05) is 83.3 Å². The lowest BCUT2D eigenvalue weighted by Gasteiger charge is -2.28. The smallest absolute Gasteiger partial charge is 0.0547 e. The first-order chi connectivity index (χ1) is 59.3. The van der Waals surface area contributed by atoms with Crippen LogP contribution < -0.4 is 9.80 Å². The summed E-state index contributed by atoms with van der Waals surface area (Å²) in [6.45, 7) is 14.1. The molecule has 121 heavy (non-hydrogen) atoms. The van der Waals surface area contributed by atoms with Gasteiger partial charge in [-0.15, -0.1) is 0 Å². The van der Waals surface area contributed by atoms with Crippen LogP contribution in [0.4, 0.5) is 34.1 Å². The van der Waals surface area contributed by atoms with E-state index in [0.717, 1.165) is 45.5 Å². The Balaban J connectivity index is 0.000000145. The molecule has 4 heteroatoms. The van der Waals surface area contributed by atoms with E-state index in [9.17, 15) is 0 Å². The molecule has 18 aromatic carbocycles. The van der Waals surface area contributed by atoms with E-state index in [1.807, 2.05) is 0 Å². The van der Waals surface area contributed by atoms with Crippen LogP contribution in [-0.2, 0) is 16.2 Å². The van der Waals surface area contributed by atoms with Crippen molar-refractivity contribution in [3.63, 3.8) is 0 Å². The Bertz CT molecular complexity index is 7340. The van der Waals surface area contributed by atoms with Gasteiger partial charge in [0.2, 0.25) is 0 Å². The molecule has 23 rings (SSSR count). The van der Waals surface area contributed by atoms with E-state index in [1.165, 1.54) is 166 Å². The highest BCUT2D eigenvalue weighted by molar-refractivity contribution is 6.12. The molecule has 0 aliphatic heterocycles. The first kappa shape index (κ1) is 72.6. The summed E-state index contributed by atoms with van der Waals surface area (Å²) >= 11 is 0. The Morgan fingerprint density at radius 3 is 0.793 bits per heavy atom. The third-order valence-electron chi connectivity index (χ3n) is 26.4. The van der Waals surface area contributed by atoms with Crippen molar-refractivity contribution in [3.8, 4) is 100 Å². The SMILES string of the molecule is CC1(C)c2ccccc2-c2cc(N(c3ccc(-c4ccccc4)cc3)c3cccc(-c4ccc5c6ccccc6n(-c6ccc(-c7ccccc7)cc6)c5c4)c3)ccc21.CC1(C)c2ccccc2-c2cc(N(c3cccc(-c4ccc5c6ccccc6n(-c6ccc(-c7ccccc7)cc6)c5c4)c3)c3ccc4c(c3)-c3ccccc3C4(C)C)ccc21. The molecule has 0 radical (unpaired) electrons. The van der Waals surface area contributed by atoms with Gasteiger partial charge < -0.3 is 18.9 Å². The van der Waals surface area contributed by atoms with Crippen LogP contribution in [0.3, 0.4) is 0 Å². The van der Waals surface area contributed by atoms with Gasteiger partial charge in [-0.2, -0.15) is 0 Å². The van der Waals surface area contributed by atoms with Crippen LogP contribution >= 0.6 is 0 Å². The summed E-state index contributed by atoms with van der Waals surface area (Å²) < 4.78 is 4.84. The lowest BCUT2D eigenvalue weighted by Crippen LogP contribution is -2.16. The van der Waals surface area contributed by atoms with E-state index in [2.05, 4.69) is 485 Å². The molecule has 4 nitrogen and oxygen atoms in total. The summed E-state index contributed by atoms with van der Waals surface area (Å²) in [5, 5.41) is 5.00. The summed E-state index contributed by atoms with van der Waals surface area (Å²) in [4.78, 5) is 4.88. The zero-order valence-corrected chi connectivity index (χ0v) is 68.7. The molecule has 3 aliphatic rings.